The molecule has 0 fully saturated rings. The number of hydrogen-bond acceptors (Lipinski definition) is 2. The summed E-state index contributed by atoms with van der Waals surface area (Å²) in [6.45, 7) is 16.6. The lowest BCUT2D eigenvalue weighted by atomic mass is 9.81. The molecule has 0 radical (unpaired) electrons. The van der Waals surface area contributed by atoms with Crippen molar-refractivity contribution >= 4 is 34.9 Å². The molecule has 0 spiro atoms. The Hall–Kier alpha value is -6.12. The number of rotatable bonds is 12. The van der Waals surface area contributed by atoms with Gasteiger partial charge in [0.15, 0.2) is 0 Å². The van der Waals surface area contributed by atoms with Crippen molar-refractivity contribution in [1.29, 1.82) is 0 Å². The molecule has 2 heteroatoms. The topological polar surface area (TPSA) is 6.48 Å². The quantitative estimate of drug-likeness (QED) is 0.0969. The molecular formula is C49H46N2. The number of benzene rings is 5. The van der Waals surface area contributed by atoms with Crippen LogP contribution >= 0.6 is 0 Å². The number of fused-ring (bicyclic) bond motifs is 3. The van der Waals surface area contributed by atoms with Crippen molar-refractivity contribution < 1.29 is 0 Å². The molecule has 0 atom stereocenters. The van der Waals surface area contributed by atoms with E-state index in [-0.39, 0.29) is 5.41 Å². The van der Waals surface area contributed by atoms with Crippen LogP contribution in [0, 0.1) is 0 Å². The summed E-state index contributed by atoms with van der Waals surface area (Å²) in [4.78, 5) is 4.57. The molecule has 1 aliphatic rings. The first-order valence-corrected chi connectivity index (χ1v) is 17.6. The van der Waals surface area contributed by atoms with Gasteiger partial charge in [-0.3, -0.25) is 0 Å². The largest absolute Gasteiger partial charge is 0.311 e. The molecule has 5 aromatic rings. The molecule has 51 heavy (non-hydrogen) atoms. The first-order chi connectivity index (χ1) is 24.9. The van der Waals surface area contributed by atoms with Crippen LogP contribution in [0.2, 0.25) is 0 Å². The zero-order chi connectivity index (χ0) is 35.8. The summed E-state index contributed by atoms with van der Waals surface area (Å²) in [5.41, 5.74) is 14.1. The number of para-hydroxylation sites is 2. The summed E-state index contributed by atoms with van der Waals surface area (Å²) in [5.74, 6) is 0. The van der Waals surface area contributed by atoms with E-state index >= 15 is 0 Å². The molecule has 0 heterocycles. The fourth-order valence-corrected chi connectivity index (χ4v) is 6.89. The monoisotopic (exact) mass is 662 g/mol. The maximum Gasteiger partial charge on any atom is 0.0464 e. The van der Waals surface area contributed by atoms with Gasteiger partial charge in [0.1, 0.15) is 0 Å². The minimum Gasteiger partial charge on any atom is -0.311 e. The lowest BCUT2D eigenvalue weighted by Crippen LogP contribution is -2.18. The Morgan fingerprint density at radius 3 is 1.47 bits per heavy atom. The Kier molecular flexibility index (Phi) is 10.6. The molecule has 0 amide bonds. The second kappa shape index (κ2) is 15.6. The van der Waals surface area contributed by atoms with E-state index in [0.29, 0.717) is 0 Å². The van der Waals surface area contributed by atoms with Crippen LogP contribution in [0.3, 0.4) is 0 Å². The molecule has 0 N–H and O–H groups in total. The third kappa shape index (κ3) is 7.27. The normalized spacial score (nSPS) is 13.8. The first kappa shape index (κ1) is 34.7. The maximum atomic E-state index is 3.89. The van der Waals surface area contributed by atoms with Crippen LogP contribution in [-0.2, 0) is 5.41 Å². The van der Waals surface area contributed by atoms with Gasteiger partial charge in [0.25, 0.3) is 0 Å². The van der Waals surface area contributed by atoms with Gasteiger partial charge in [0.2, 0.25) is 0 Å². The Labute approximate surface area is 304 Å². The highest BCUT2D eigenvalue weighted by atomic mass is 15.2. The van der Waals surface area contributed by atoms with Crippen LogP contribution < -0.4 is 9.80 Å². The van der Waals surface area contributed by atoms with Gasteiger partial charge in [-0.05, 0) is 108 Å². The van der Waals surface area contributed by atoms with E-state index in [1.807, 2.05) is 24.3 Å². The molecule has 252 valence electrons. The van der Waals surface area contributed by atoms with Crippen LogP contribution in [-0.4, -0.2) is 0 Å². The molecule has 1 aliphatic carbocycles. The van der Waals surface area contributed by atoms with E-state index in [2.05, 4.69) is 202 Å². The van der Waals surface area contributed by atoms with Crippen molar-refractivity contribution in [3.8, 4) is 11.1 Å². The van der Waals surface area contributed by atoms with Crippen molar-refractivity contribution in [1.82, 2.24) is 0 Å². The van der Waals surface area contributed by atoms with E-state index in [9.17, 15) is 0 Å². The summed E-state index contributed by atoms with van der Waals surface area (Å²) < 4.78 is 0. The highest BCUT2D eigenvalue weighted by molar-refractivity contribution is 5.86. The zero-order valence-electron chi connectivity index (χ0n) is 30.1. The van der Waals surface area contributed by atoms with Crippen LogP contribution in [0.5, 0.6) is 0 Å². The summed E-state index contributed by atoms with van der Waals surface area (Å²) in [6.07, 6.45) is 20.5. The standard InChI is InChI=1S/C49H46N2/c1-7-11-19-39(9-3)50(41-21-15-13-16-22-41)43-30-27-37(28-31-43)25-26-38-29-33-45-46-34-32-44(36-48(46)49(5,6)47(45)35-38)51(40(10-4)20-12-8-2)42-23-17-14-18-24-42/h7-36H,1-2H2,3-6H3/b19-11-,20-12-,26-25+,39-9+,40-10+. The maximum absolute atomic E-state index is 3.89. The van der Waals surface area contributed by atoms with Gasteiger partial charge in [0.05, 0.1) is 0 Å². The highest BCUT2D eigenvalue weighted by Gasteiger charge is 2.36. The van der Waals surface area contributed by atoms with Gasteiger partial charge >= 0.3 is 0 Å². The Morgan fingerprint density at radius 1 is 0.510 bits per heavy atom. The third-order valence-electron chi connectivity index (χ3n) is 9.50. The van der Waals surface area contributed by atoms with Gasteiger partial charge in [-0.15, -0.1) is 0 Å². The fraction of sp³-hybridized carbons (Fsp3) is 0.102. The van der Waals surface area contributed by atoms with E-state index in [1.54, 1.807) is 6.08 Å². The fourth-order valence-electron chi connectivity index (χ4n) is 6.89. The number of anilines is 4. The second-order valence-electron chi connectivity index (χ2n) is 13.0. The molecule has 2 nitrogen and oxygen atoms in total. The van der Waals surface area contributed by atoms with Crippen LogP contribution in [0.4, 0.5) is 22.7 Å². The second-order valence-corrected chi connectivity index (χ2v) is 13.0. The molecule has 5 aromatic carbocycles. The molecule has 0 bridgehead atoms. The summed E-state index contributed by atoms with van der Waals surface area (Å²) in [6, 6.07) is 43.5. The SMILES string of the molecule is C=C/C=C\C(=C/C)N(c1ccccc1)c1ccc(/C=C/c2ccc3c(c2)C(C)(C)c2cc(N(C(/C=C\C=C)=C/C)c4ccccc4)ccc2-3)cc1. The number of hydrogen-bond donors (Lipinski definition) is 0. The zero-order valence-corrected chi connectivity index (χ0v) is 30.1. The summed E-state index contributed by atoms with van der Waals surface area (Å²) in [5, 5.41) is 0. The van der Waals surface area contributed by atoms with Gasteiger partial charge in [-0.25, -0.2) is 0 Å². The van der Waals surface area contributed by atoms with Crippen molar-refractivity contribution in [2.24, 2.45) is 0 Å². The molecular weight excluding hydrogens is 617 g/mol. The Balaban J connectivity index is 1.28. The summed E-state index contributed by atoms with van der Waals surface area (Å²) >= 11 is 0. The van der Waals surface area contributed by atoms with E-state index < -0.39 is 0 Å². The lowest BCUT2D eigenvalue weighted by molar-refractivity contribution is 0.660. The van der Waals surface area contributed by atoms with Gasteiger partial charge in [0, 0.05) is 39.6 Å². The summed E-state index contributed by atoms with van der Waals surface area (Å²) in [7, 11) is 0. The van der Waals surface area contributed by atoms with E-state index in [1.165, 1.54) is 27.8 Å². The molecule has 6 rings (SSSR count). The van der Waals surface area contributed by atoms with Gasteiger partial charge in [-0.2, -0.15) is 0 Å². The van der Waals surface area contributed by atoms with E-state index in [4.69, 9.17) is 0 Å². The first-order valence-electron chi connectivity index (χ1n) is 17.6. The number of nitrogens with zero attached hydrogens (tertiary/aromatic N) is 2. The Morgan fingerprint density at radius 2 is 0.941 bits per heavy atom. The average Bonchev–Trinajstić information content (AvgIpc) is 3.40. The van der Waals surface area contributed by atoms with Crippen LogP contribution in [0.15, 0.2) is 194 Å². The van der Waals surface area contributed by atoms with E-state index in [0.717, 1.165) is 39.7 Å². The highest BCUT2D eigenvalue weighted by Crippen LogP contribution is 2.50. The molecule has 0 saturated heterocycles. The van der Waals surface area contributed by atoms with Gasteiger partial charge < -0.3 is 9.80 Å². The van der Waals surface area contributed by atoms with Crippen LogP contribution in [0.1, 0.15) is 49.9 Å². The predicted molar refractivity (Wildman–Crippen MR) is 223 cm³/mol. The molecule has 0 saturated carbocycles. The van der Waals surface area contributed by atoms with Gasteiger partial charge in [-0.1, -0.05) is 148 Å². The average molecular weight is 663 g/mol. The van der Waals surface area contributed by atoms with Crippen LogP contribution in [0.25, 0.3) is 23.3 Å². The third-order valence-corrected chi connectivity index (χ3v) is 9.50. The molecule has 0 unspecified atom stereocenters. The van der Waals surface area contributed by atoms with Crippen molar-refractivity contribution in [3.05, 3.63) is 217 Å². The lowest BCUT2D eigenvalue weighted by Gasteiger charge is -2.28. The van der Waals surface area contributed by atoms with Crippen molar-refractivity contribution in [2.45, 2.75) is 33.1 Å². The minimum absolute atomic E-state index is 0.160. The minimum atomic E-state index is -0.160. The van der Waals surface area contributed by atoms with Crippen molar-refractivity contribution in [2.75, 3.05) is 9.80 Å². The Bertz CT molecular complexity index is 2160. The van der Waals surface area contributed by atoms with Crippen molar-refractivity contribution in [3.63, 3.8) is 0 Å². The molecule has 0 aliphatic heterocycles. The predicted octanol–water partition coefficient (Wildman–Crippen LogP) is 13.7. The number of allylic oxidation sites excluding steroid dienone is 8. The smallest absolute Gasteiger partial charge is 0.0464 e. The molecule has 0 aromatic heterocycles.